The molecule has 0 atom stereocenters. The molecule has 0 unspecified atom stereocenters. The highest BCUT2D eigenvalue weighted by Crippen LogP contribution is 2.39. The molecule has 0 spiro atoms. The second kappa shape index (κ2) is 14.2. The van der Waals surface area contributed by atoms with Crippen LogP contribution < -0.4 is 29.1 Å². The molecule has 3 aromatic rings. The lowest BCUT2D eigenvalue weighted by atomic mass is 10.1. The van der Waals surface area contributed by atoms with E-state index in [1.54, 1.807) is 12.1 Å². The fourth-order valence-corrected chi connectivity index (χ4v) is 5.32. The van der Waals surface area contributed by atoms with Gasteiger partial charge in [0.2, 0.25) is 15.8 Å². The third-order valence-electron chi connectivity index (χ3n) is 5.93. The summed E-state index contributed by atoms with van der Waals surface area (Å²) in [6, 6.07) is 17.0. The lowest BCUT2D eigenvalue weighted by Crippen LogP contribution is -2.40. The number of carbonyl (C=O) groups is 1. The van der Waals surface area contributed by atoms with Crippen LogP contribution in [0.15, 0.2) is 70.7 Å². The van der Waals surface area contributed by atoms with Gasteiger partial charge in [-0.1, -0.05) is 30.3 Å². The topological polar surface area (TPSA) is 125 Å². The summed E-state index contributed by atoms with van der Waals surface area (Å²) in [6.07, 6.45) is 1.77. The molecule has 12 heteroatoms. The molecule has 0 aliphatic rings. The van der Waals surface area contributed by atoms with Gasteiger partial charge in [-0.3, -0.25) is 4.79 Å². The van der Waals surface area contributed by atoms with Crippen LogP contribution in [0.25, 0.3) is 0 Å². The maximum atomic E-state index is 13.6. The molecule has 214 valence electrons. The standard InChI is InChI=1S/C28H33N3O8S/c1-35-23-14-12-22(17-25(23)37-3)40(33,34)31(16-15-20-9-7-6-8-10-20)19-26(32)30-29-18-21-11-13-24(36-2)28(39-5)27(21)38-4/h6-14,17-18H,15-16,19H2,1-5H3,(H,30,32)/b29-18-. The Morgan fingerprint density at radius 1 is 0.825 bits per heavy atom. The molecular weight excluding hydrogens is 538 g/mol. The molecular formula is C28H33N3O8S. The lowest BCUT2D eigenvalue weighted by molar-refractivity contribution is -0.121. The first-order valence-corrected chi connectivity index (χ1v) is 13.6. The van der Waals surface area contributed by atoms with Gasteiger partial charge in [0, 0.05) is 18.2 Å². The maximum absolute atomic E-state index is 13.6. The van der Waals surface area contributed by atoms with Crippen molar-refractivity contribution in [2.45, 2.75) is 11.3 Å². The Morgan fingerprint density at radius 2 is 1.48 bits per heavy atom. The summed E-state index contributed by atoms with van der Waals surface area (Å²) in [7, 11) is 3.23. The van der Waals surface area contributed by atoms with E-state index in [0.717, 1.165) is 9.87 Å². The third kappa shape index (κ3) is 7.21. The Morgan fingerprint density at radius 3 is 2.10 bits per heavy atom. The Kier molecular flexibility index (Phi) is 10.7. The third-order valence-corrected chi connectivity index (χ3v) is 7.77. The molecule has 0 saturated carbocycles. The van der Waals surface area contributed by atoms with Crippen molar-refractivity contribution in [1.29, 1.82) is 0 Å². The predicted molar refractivity (Wildman–Crippen MR) is 150 cm³/mol. The molecule has 0 heterocycles. The van der Waals surface area contributed by atoms with Gasteiger partial charge < -0.3 is 23.7 Å². The van der Waals surface area contributed by atoms with Gasteiger partial charge >= 0.3 is 0 Å². The molecule has 40 heavy (non-hydrogen) atoms. The van der Waals surface area contributed by atoms with Gasteiger partial charge in [-0.2, -0.15) is 9.41 Å². The SMILES string of the molecule is COc1ccc(S(=O)(=O)N(CCc2ccccc2)CC(=O)N/N=C\c2ccc(OC)c(OC)c2OC)cc1OC. The van der Waals surface area contributed by atoms with E-state index in [2.05, 4.69) is 10.5 Å². The van der Waals surface area contributed by atoms with Crippen LogP contribution in [-0.2, 0) is 21.2 Å². The second-order valence-corrected chi connectivity index (χ2v) is 10.2. The van der Waals surface area contributed by atoms with Gasteiger partial charge in [-0.15, -0.1) is 0 Å². The summed E-state index contributed by atoms with van der Waals surface area (Å²) in [6.45, 7) is -0.411. The molecule has 0 aliphatic carbocycles. The molecule has 0 saturated heterocycles. The van der Waals surface area contributed by atoms with E-state index in [-0.39, 0.29) is 17.2 Å². The molecule has 3 rings (SSSR count). The number of methoxy groups -OCH3 is 5. The smallest absolute Gasteiger partial charge is 0.255 e. The first-order chi connectivity index (χ1) is 19.3. The van der Waals surface area contributed by atoms with Gasteiger partial charge in [-0.25, -0.2) is 13.8 Å². The van der Waals surface area contributed by atoms with Gasteiger partial charge in [0.05, 0.1) is 53.2 Å². The van der Waals surface area contributed by atoms with Crippen LogP contribution >= 0.6 is 0 Å². The Bertz CT molecular complexity index is 1430. The molecule has 0 radical (unpaired) electrons. The number of ether oxygens (including phenoxy) is 5. The zero-order chi connectivity index (χ0) is 29.1. The van der Waals surface area contributed by atoms with Crippen LogP contribution in [0.3, 0.4) is 0 Å². The van der Waals surface area contributed by atoms with E-state index in [1.807, 2.05) is 30.3 Å². The van der Waals surface area contributed by atoms with Crippen molar-refractivity contribution >= 4 is 22.1 Å². The number of hydrogen-bond acceptors (Lipinski definition) is 9. The summed E-state index contributed by atoms with van der Waals surface area (Å²) >= 11 is 0. The number of carbonyl (C=O) groups excluding carboxylic acids is 1. The Labute approximate surface area is 234 Å². The molecule has 11 nitrogen and oxygen atoms in total. The maximum Gasteiger partial charge on any atom is 0.255 e. The number of nitrogens with zero attached hydrogens (tertiary/aromatic N) is 2. The zero-order valence-corrected chi connectivity index (χ0v) is 23.9. The van der Waals surface area contributed by atoms with Crippen LogP contribution in [0, 0.1) is 0 Å². The van der Waals surface area contributed by atoms with Crippen molar-refractivity contribution in [2.24, 2.45) is 5.10 Å². The van der Waals surface area contributed by atoms with Crippen LogP contribution in [0.4, 0.5) is 0 Å². The molecule has 1 N–H and O–H groups in total. The van der Waals surface area contributed by atoms with E-state index in [4.69, 9.17) is 23.7 Å². The first-order valence-electron chi connectivity index (χ1n) is 12.2. The van der Waals surface area contributed by atoms with Gasteiger partial charge in [-0.05, 0) is 36.2 Å². The highest BCUT2D eigenvalue weighted by Gasteiger charge is 2.28. The molecule has 3 aromatic carbocycles. The molecule has 1 amide bonds. The largest absolute Gasteiger partial charge is 0.493 e. The van der Waals surface area contributed by atoms with Gasteiger partial charge in [0.15, 0.2) is 23.0 Å². The van der Waals surface area contributed by atoms with E-state index < -0.39 is 22.5 Å². The van der Waals surface area contributed by atoms with Crippen LogP contribution in [0.2, 0.25) is 0 Å². The minimum Gasteiger partial charge on any atom is -0.493 e. The number of benzene rings is 3. The quantitative estimate of drug-likeness (QED) is 0.231. The van der Waals surface area contributed by atoms with Crippen LogP contribution in [-0.4, -0.2) is 73.5 Å². The summed E-state index contributed by atoms with van der Waals surface area (Å²) in [4.78, 5) is 12.8. The number of hydrogen-bond donors (Lipinski definition) is 1. The highest BCUT2D eigenvalue weighted by atomic mass is 32.2. The average molecular weight is 572 g/mol. The summed E-state index contributed by atoms with van der Waals surface area (Å²) in [5.41, 5.74) is 3.83. The number of sulfonamides is 1. The van der Waals surface area contributed by atoms with Crippen molar-refractivity contribution < 1.29 is 36.9 Å². The molecule has 0 bridgehead atoms. The van der Waals surface area contributed by atoms with E-state index in [0.29, 0.717) is 35.0 Å². The van der Waals surface area contributed by atoms with Crippen LogP contribution in [0.5, 0.6) is 28.7 Å². The van der Waals surface area contributed by atoms with Gasteiger partial charge in [0.1, 0.15) is 0 Å². The summed E-state index contributed by atoms with van der Waals surface area (Å²) in [5, 5.41) is 4.00. The van der Waals surface area contributed by atoms with Crippen molar-refractivity contribution in [3.05, 3.63) is 71.8 Å². The predicted octanol–water partition coefficient (Wildman–Crippen LogP) is 3.11. The van der Waals surface area contributed by atoms with E-state index in [9.17, 15) is 13.2 Å². The summed E-state index contributed by atoms with van der Waals surface area (Å²) in [5.74, 6) is 1.20. The number of rotatable bonds is 14. The van der Waals surface area contributed by atoms with Crippen molar-refractivity contribution in [3.8, 4) is 28.7 Å². The number of hydrazone groups is 1. The first kappa shape index (κ1) is 30.3. The number of nitrogens with one attached hydrogen (secondary N) is 1. The molecule has 0 fully saturated rings. The van der Waals surface area contributed by atoms with Crippen molar-refractivity contribution in [2.75, 3.05) is 48.6 Å². The second-order valence-electron chi connectivity index (χ2n) is 8.31. The minimum absolute atomic E-state index is 0.0374. The van der Waals surface area contributed by atoms with Crippen molar-refractivity contribution in [1.82, 2.24) is 9.73 Å². The molecule has 0 aromatic heterocycles. The van der Waals surface area contributed by atoms with Crippen LogP contribution in [0.1, 0.15) is 11.1 Å². The minimum atomic E-state index is -4.09. The van der Waals surface area contributed by atoms with E-state index >= 15 is 0 Å². The zero-order valence-electron chi connectivity index (χ0n) is 23.0. The number of amides is 1. The van der Waals surface area contributed by atoms with Crippen molar-refractivity contribution in [3.63, 3.8) is 0 Å². The Hall–Kier alpha value is -4.29. The highest BCUT2D eigenvalue weighted by molar-refractivity contribution is 7.89. The summed E-state index contributed by atoms with van der Waals surface area (Å²) < 4.78 is 54.9. The molecule has 0 aliphatic heterocycles. The van der Waals surface area contributed by atoms with E-state index in [1.165, 1.54) is 60.0 Å². The fourth-order valence-electron chi connectivity index (χ4n) is 3.90. The normalized spacial score (nSPS) is 11.3. The van der Waals surface area contributed by atoms with Gasteiger partial charge in [0.25, 0.3) is 5.91 Å². The monoisotopic (exact) mass is 571 g/mol. The average Bonchev–Trinajstić information content (AvgIpc) is 2.98. The fraction of sp³-hybridized carbons (Fsp3) is 0.286. The lowest BCUT2D eigenvalue weighted by Gasteiger charge is -2.22. The Balaban J connectivity index is 1.83.